The molecule has 1 aromatic rings. The number of aromatic hydroxyl groups is 1. The third-order valence-corrected chi connectivity index (χ3v) is 12.7. The fourth-order valence-corrected chi connectivity index (χ4v) is 10.4. The Labute approximate surface area is 205 Å². The lowest BCUT2D eigenvalue weighted by Gasteiger charge is -2.76. The lowest BCUT2D eigenvalue weighted by atomic mass is 9.31. The molecule has 7 aliphatic rings. The van der Waals surface area contributed by atoms with Crippen LogP contribution in [0.3, 0.4) is 0 Å². The number of phenolic OH excluding ortho intramolecular Hbond substituents is 1. The standard InChI is InChI=1S/C30H43NO3/c1-26(2,3)28(5,33)21-16-29-12-11-27(21,4)25-30(29)13-14-31(6,17-18-7-8-18)22(29)15-19-9-10-20(32)24(34-25)23(19)30/h9-10,18,21-22,25,33H,7-8,11-17H2,1-6H3/p+1/t21-,22?,25-,27+,28?,29+,30-,31?/m0/s1. The van der Waals surface area contributed by atoms with E-state index in [-0.39, 0.29) is 33.7 Å². The van der Waals surface area contributed by atoms with Crippen LogP contribution in [0.5, 0.6) is 11.5 Å². The number of ether oxygens (including phenoxy) is 1. The first-order valence-corrected chi connectivity index (χ1v) is 13.9. The Balaban J connectivity index is 1.48. The van der Waals surface area contributed by atoms with Crippen molar-refractivity contribution in [2.24, 2.45) is 28.1 Å². The first-order chi connectivity index (χ1) is 15.8. The zero-order valence-electron chi connectivity index (χ0n) is 22.1. The second-order valence-electron chi connectivity index (χ2n) is 15.0. The van der Waals surface area contributed by atoms with Crippen molar-refractivity contribution in [2.45, 2.75) is 103 Å². The monoisotopic (exact) mass is 466 g/mol. The largest absolute Gasteiger partial charge is 0.504 e. The average molecular weight is 467 g/mol. The van der Waals surface area contributed by atoms with E-state index in [1.54, 1.807) is 0 Å². The van der Waals surface area contributed by atoms with Crippen molar-refractivity contribution in [3.05, 3.63) is 23.3 Å². The molecule has 0 amide bonds. The minimum Gasteiger partial charge on any atom is -0.504 e. The van der Waals surface area contributed by atoms with Crippen LogP contribution >= 0.6 is 0 Å². The van der Waals surface area contributed by atoms with Crippen LogP contribution in [-0.4, -0.2) is 52.6 Å². The van der Waals surface area contributed by atoms with Crippen molar-refractivity contribution in [1.29, 1.82) is 0 Å². The van der Waals surface area contributed by atoms with Crippen molar-refractivity contribution in [3.63, 3.8) is 0 Å². The van der Waals surface area contributed by atoms with Gasteiger partial charge in [-0.15, -0.1) is 0 Å². The Hall–Kier alpha value is -1.26. The van der Waals surface area contributed by atoms with Crippen molar-refractivity contribution in [3.8, 4) is 11.5 Å². The van der Waals surface area contributed by atoms with E-state index in [9.17, 15) is 10.2 Å². The smallest absolute Gasteiger partial charge is 0.165 e. The lowest BCUT2D eigenvalue weighted by molar-refractivity contribution is -0.952. The maximum atomic E-state index is 12.2. The van der Waals surface area contributed by atoms with Crippen LogP contribution in [0.15, 0.2) is 12.1 Å². The number of likely N-dealkylation sites (tertiary alicyclic amines) is 1. The highest BCUT2D eigenvalue weighted by Crippen LogP contribution is 2.80. The van der Waals surface area contributed by atoms with Gasteiger partial charge in [0.05, 0.1) is 37.2 Å². The third-order valence-electron chi connectivity index (χ3n) is 12.7. The van der Waals surface area contributed by atoms with Gasteiger partial charge >= 0.3 is 0 Å². The van der Waals surface area contributed by atoms with Crippen LogP contribution in [0.2, 0.25) is 0 Å². The summed E-state index contributed by atoms with van der Waals surface area (Å²) >= 11 is 0. The van der Waals surface area contributed by atoms with Gasteiger partial charge < -0.3 is 19.4 Å². The average Bonchev–Trinajstić information content (AvgIpc) is 3.47. The van der Waals surface area contributed by atoms with E-state index in [1.165, 1.54) is 48.0 Å². The molecule has 2 N–H and O–H groups in total. The Morgan fingerprint density at radius 2 is 1.85 bits per heavy atom. The van der Waals surface area contributed by atoms with E-state index in [4.69, 9.17) is 4.74 Å². The molecular weight excluding hydrogens is 422 g/mol. The number of phenols is 1. The van der Waals surface area contributed by atoms with Gasteiger partial charge in [0.2, 0.25) is 0 Å². The minimum absolute atomic E-state index is 0.0158. The predicted molar refractivity (Wildman–Crippen MR) is 133 cm³/mol. The molecule has 8 rings (SSSR count). The van der Waals surface area contributed by atoms with Gasteiger partial charge in [-0.25, -0.2) is 0 Å². The lowest BCUT2D eigenvalue weighted by Crippen LogP contribution is -2.82. The van der Waals surface area contributed by atoms with E-state index >= 15 is 0 Å². The van der Waals surface area contributed by atoms with E-state index in [0.29, 0.717) is 11.8 Å². The molecule has 3 unspecified atom stereocenters. The Bertz CT molecular complexity index is 1090. The Kier molecular flexibility index (Phi) is 3.87. The van der Waals surface area contributed by atoms with Gasteiger partial charge in [-0.2, -0.15) is 0 Å². The van der Waals surface area contributed by atoms with Crippen LogP contribution in [-0.2, 0) is 11.8 Å². The summed E-state index contributed by atoms with van der Waals surface area (Å²) in [5.74, 6) is 2.18. The summed E-state index contributed by atoms with van der Waals surface area (Å²) in [6, 6.07) is 4.66. The number of rotatable bonds is 3. The number of piperidine rings is 1. The van der Waals surface area contributed by atoms with Crippen molar-refractivity contribution in [2.75, 3.05) is 20.1 Å². The van der Waals surface area contributed by atoms with Crippen molar-refractivity contribution < 1.29 is 19.4 Å². The van der Waals surface area contributed by atoms with Gasteiger partial charge in [-0.3, -0.25) is 0 Å². The van der Waals surface area contributed by atoms with E-state index in [1.807, 2.05) is 6.07 Å². The number of likely N-dealkylation sites (N-methyl/N-ethyl adjacent to an activating group) is 1. The summed E-state index contributed by atoms with van der Waals surface area (Å²) in [4.78, 5) is 0. The number of nitrogens with zero attached hydrogens (tertiary/aromatic N) is 1. The van der Waals surface area contributed by atoms with Gasteiger partial charge in [-0.1, -0.05) is 33.8 Å². The fourth-order valence-electron chi connectivity index (χ4n) is 10.4. The number of hydrogen-bond donors (Lipinski definition) is 2. The SMILES string of the molecule is CC(C)(C)C(C)(O)[C@H]1C[C@@]23CC[C@@]1(C)[C@@H]1Oc4c(O)ccc5c4[C@@]12CC[N+](C)(CC1CC1)C3C5. The summed E-state index contributed by atoms with van der Waals surface area (Å²) < 4.78 is 8.16. The highest BCUT2D eigenvalue weighted by atomic mass is 16.5. The maximum Gasteiger partial charge on any atom is 0.165 e. The van der Waals surface area contributed by atoms with E-state index in [2.05, 4.69) is 47.7 Å². The molecule has 0 aromatic heterocycles. The van der Waals surface area contributed by atoms with Crippen LogP contribution in [0.1, 0.15) is 84.3 Å². The van der Waals surface area contributed by atoms with Gasteiger partial charge in [0, 0.05) is 35.2 Å². The molecule has 4 nitrogen and oxygen atoms in total. The molecule has 34 heavy (non-hydrogen) atoms. The van der Waals surface area contributed by atoms with Gasteiger partial charge in [0.1, 0.15) is 6.10 Å². The summed E-state index contributed by atoms with van der Waals surface area (Å²) in [6.45, 7) is 13.7. The van der Waals surface area contributed by atoms with Crippen LogP contribution < -0.4 is 4.74 Å². The number of aliphatic hydroxyl groups is 1. The van der Waals surface area contributed by atoms with Gasteiger partial charge in [0.15, 0.2) is 11.5 Å². The molecule has 8 atom stereocenters. The summed E-state index contributed by atoms with van der Waals surface area (Å²) in [5.41, 5.74) is 1.80. The second kappa shape index (κ2) is 5.99. The summed E-state index contributed by atoms with van der Waals surface area (Å²) in [7, 11) is 2.56. The molecule has 1 saturated heterocycles. The molecule has 2 aliphatic heterocycles. The molecule has 4 heteroatoms. The minimum atomic E-state index is -0.786. The van der Waals surface area contributed by atoms with E-state index < -0.39 is 5.60 Å². The third kappa shape index (κ3) is 2.22. The van der Waals surface area contributed by atoms with Crippen LogP contribution in [0, 0.1) is 28.1 Å². The number of hydrogen-bond acceptors (Lipinski definition) is 3. The Morgan fingerprint density at radius 1 is 1.12 bits per heavy atom. The molecule has 1 aromatic carbocycles. The number of fused-ring (bicyclic) bond motifs is 2. The summed E-state index contributed by atoms with van der Waals surface area (Å²) in [6.07, 6.45) is 8.52. The first kappa shape index (κ1) is 22.0. The maximum absolute atomic E-state index is 12.2. The number of quaternary nitrogens is 1. The zero-order chi connectivity index (χ0) is 24.1. The molecule has 2 spiro atoms. The van der Waals surface area contributed by atoms with Crippen molar-refractivity contribution in [1.82, 2.24) is 0 Å². The topological polar surface area (TPSA) is 49.7 Å². The number of benzene rings is 1. The predicted octanol–water partition coefficient (Wildman–Crippen LogP) is 5.18. The van der Waals surface area contributed by atoms with Crippen LogP contribution in [0.25, 0.3) is 0 Å². The normalized spacial score (nSPS) is 47.7. The Morgan fingerprint density at radius 3 is 2.53 bits per heavy atom. The van der Waals surface area contributed by atoms with Gasteiger partial charge in [-0.05, 0) is 62.0 Å². The van der Waals surface area contributed by atoms with E-state index in [0.717, 1.165) is 37.4 Å². The molecular formula is C30H44NO3+. The first-order valence-electron chi connectivity index (χ1n) is 13.9. The molecule has 5 fully saturated rings. The molecule has 4 saturated carbocycles. The van der Waals surface area contributed by atoms with Crippen LogP contribution in [0.4, 0.5) is 0 Å². The molecule has 186 valence electrons. The molecule has 0 radical (unpaired) electrons. The molecule has 2 heterocycles. The zero-order valence-corrected chi connectivity index (χ0v) is 22.1. The molecule has 4 bridgehead atoms. The fraction of sp³-hybridized carbons (Fsp3) is 0.800. The highest BCUT2D eigenvalue weighted by molar-refractivity contribution is 5.62. The quantitative estimate of drug-likeness (QED) is 0.604. The summed E-state index contributed by atoms with van der Waals surface area (Å²) in [5, 5.41) is 23.2. The highest BCUT2D eigenvalue weighted by Gasteiger charge is 2.83. The molecule has 5 aliphatic carbocycles. The van der Waals surface area contributed by atoms with Crippen molar-refractivity contribution >= 4 is 0 Å². The second-order valence-corrected chi connectivity index (χ2v) is 15.0. The van der Waals surface area contributed by atoms with Gasteiger partial charge in [0.25, 0.3) is 0 Å².